The molecule has 1 aliphatic heterocycles. The molecule has 136 valence electrons. The van der Waals surface area contributed by atoms with Gasteiger partial charge in [-0.15, -0.1) is 0 Å². The molecule has 0 aromatic heterocycles. The number of hydrogen-bond acceptors (Lipinski definition) is 4. The number of imide groups is 1. The first-order valence-electron chi connectivity index (χ1n) is 8.25. The van der Waals surface area contributed by atoms with Crippen LogP contribution in [0.1, 0.15) is 29.5 Å². The van der Waals surface area contributed by atoms with Crippen molar-refractivity contribution in [3.8, 4) is 0 Å². The van der Waals surface area contributed by atoms with Crippen LogP contribution in [0.5, 0.6) is 0 Å². The summed E-state index contributed by atoms with van der Waals surface area (Å²) >= 11 is 0. The van der Waals surface area contributed by atoms with Crippen LogP contribution in [-0.2, 0) is 19.6 Å². The Morgan fingerprint density at radius 3 is 1.88 bits per heavy atom. The van der Waals surface area contributed by atoms with Gasteiger partial charge in [0.2, 0.25) is 11.8 Å². The van der Waals surface area contributed by atoms with Crippen LogP contribution in [0.4, 0.5) is 11.4 Å². The lowest BCUT2D eigenvalue weighted by molar-refractivity contribution is -0.121. The van der Waals surface area contributed by atoms with Crippen molar-refractivity contribution < 1.29 is 18.0 Å². The van der Waals surface area contributed by atoms with Gasteiger partial charge in [-0.05, 0) is 56.2 Å². The summed E-state index contributed by atoms with van der Waals surface area (Å²) in [7, 11) is -3.78. The van der Waals surface area contributed by atoms with Crippen LogP contribution in [0, 0.1) is 20.8 Å². The van der Waals surface area contributed by atoms with Crippen LogP contribution in [0.2, 0.25) is 0 Å². The molecule has 0 spiro atoms. The molecule has 3 rings (SSSR count). The van der Waals surface area contributed by atoms with E-state index in [4.69, 9.17) is 0 Å². The van der Waals surface area contributed by atoms with E-state index in [1.54, 1.807) is 0 Å². The van der Waals surface area contributed by atoms with Gasteiger partial charge in [0.25, 0.3) is 10.0 Å². The van der Waals surface area contributed by atoms with E-state index < -0.39 is 10.0 Å². The SMILES string of the molecule is Cc1cc(C)c(NS(=O)(=O)c2ccc(N3C(=O)CCC3=O)cc2)c(C)c1. The van der Waals surface area contributed by atoms with Crippen molar-refractivity contribution in [2.75, 3.05) is 9.62 Å². The molecule has 6 nitrogen and oxygen atoms in total. The zero-order chi connectivity index (χ0) is 19.1. The number of anilines is 2. The molecule has 7 heteroatoms. The van der Waals surface area contributed by atoms with E-state index in [1.165, 1.54) is 24.3 Å². The maximum Gasteiger partial charge on any atom is 0.261 e. The first kappa shape index (κ1) is 18.1. The van der Waals surface area contributed by atoms with Crippen molar-refractivity contribution in [2.24, 2.45) is 0 Å². The van der Waals surface area contributed by atoms with E-state index in [0.717, 1.165) is 21.6 Å². The maximum atomic E-state index is 12.7. The third-order valence-corrected chi connectivity index (χ3v) is 5.74. The highest BCUT2D eigenvalue weighted by Gasteiger charge is 2.30. The van der Waals surface area contributed by atoms with Crippen LogP contribution in [-0.4, -0.2) is 20.2 Å². The van der Waals surface area contributed by atoms with E-state index in [9.17, 15) is 18.0 Å². The zero-order valence-electron chi connectivity index (χ0n) is 14.9. The lowest BCUT2D eigenvalue weighted by Gasteiger charge is -2.16. The van der Waals surface area contributed by atoms with Gasteiger partial charge in [0, 0.05) is 12.8 Å². The highest BCUT2D eigenvalue weighted by molar-refractivity contribution is 7.92. The average molecular weight is 372 g/mol. The Hall–Kier alpha value is -2.67. The van der Waals surface area contributed by atoms with E-state index in [-0.39, 0.29) is 29.6 Å². The lowest BCUT2D eigenvalue weighted by Crippen LogP contribution is -2.28. The van der Waals surface area contributed by atoms with Crippen LogP contribution in [0.25, 0.3) is 0 Å². The Labute approximate surface area is 152 Å². The van der Waals surface area contributed by atoms with Gasteiger partial charge in [-0.1, -0.05) is 17.7 Å². The molecule has 0 unspecified atom stereocenters. The number of carbonyl (C=O) groups is 2. The summed E-state index contributed by atoms with van der Waals surface area (Å²) in [6, 6.07) is 9.58. The predicted octanol–water partition coefficient (Wildman–Crippen LogP) is 3.07. The van der Waals surface area contributed by atoms with Crippen LogP contribution < -0.4 is 9.62 Å². The fourth-order valence-corrected chi connectivity index (χ4v) is 4.38. The molecule has 2 amide bonds. The lowest BCUT2D eigenvalue weighted by atomic mass is 10.1. The Bertz CT molecular complexity index is 956. The second-order valence-corrected chi connectivity index (χ2v) is 8.18. The Balaban J connectivity index is 1.89. The van der Waals surface area contributed by atoms with Crippen molar-refractivity contribution in [2.45, 2.75) is 38.5 Å². The summed E-state index contributed by atoms with van der Waals surface area (Å²) in [5, 5.41) is 0. The highest BCUT2D eigenvalue weighted by atomic mass is 32.2. The van der Waals surface area contributed by atoms with Gasteiger partial charge in [-0.25, -0.2) is 8.42 Å². The number of nitrogens with zero attached hydrogens (tertiary/aromatic N) is 1. The standard InChI is InChI=1S/C19H20N2O4S/c1-12-10-13(2)19(14(3)11-12)20-26(24,25)16-6-4-15(5-7-16)21-17(22)8-9-18(21)23/h4-7,10-11,20H,8-9H2,1-3H3. The number of carbonyl (C=O) groups excluding carboxylic acids is 2. The van der Waals surface area contributed by atoms with Crippen LogP contribution >= 0.6 is 0 Å². The Kier molecular flexibility index (Phi) is 4.58. The Morgan fingerprint density at radius 2 is 1.38 bits per heavy atom. The molecule has 26 heavy (non-hydrogen) atoms. The molecule has 1 fully saturated rings. The van der Waals surface area contributed by atoms with Crippen LogP contribution in [0.3, 0.4) is 0 Å². The second-order valence-electron chi connectivity index (χ2n) is 6.50. The summed E-state index contributed by atoms with van der Waals surface area (Å²) in [4.78, 5) is 24.7. The van der Waals surface area contributed by atoms with Crippen molar-refractivity contribution in [3.05, 3.63) is 53.1 Å². The van der Waals surface area contributed by atoms with E-state index >= 15 is 0 Å². The first-order chi connectivity index (χ1) is 12.2. The molecule has 2 aromatic carbocycles. The largest absolute Gasteiger partial charge is 0.279 e. The smallest absolute Gasteiger partial charge is 0.261 e. The summed E-state index contributed by atoms with van der Waals surface area (Å²) in [6.45, 7) is 5.66. The molecule has 0 saturated carbocycles. The normalized spacial score (nSPS) is 14.8. The highest BCUT2D eigenvalue weighted by Crippen LogP contribution is 2.27. The number of hydrogen-bond donors (Lipinski definition) is 1. The van der Waals surface area contributed by atoms with Gasteiger partial charge in [0.1, 0.15) is 0 Å². The number of rotatable bonds is 4. The number of amides is 2. The molecule has 0 bridgehead atoms. The number of sulfonamides is 1. The molecule has 0 aliphatic carbocycles. The number of aryl methyl sites for hydroxylation is 3. The molecule has 1 aliphatic rings. The van der Waals surface area contributed by atoms with Crippen molar-refractivity contribution in [1.82, 2.24) is 0 Å². The van der Waals surface area contributed by atoms with Crippen molar-refractivity contribution in [3.63, 3.8) is 0 Å². The number of benzene rings is 2. The minimum Gasteiger partial charge on any atom is -0.279 e. The fraction of sp³-hybridized carbons (Fsp3) is 0.263. The third-order valence-electron chi connectivity index (χ3n) is 4.37. The zero-order valence-corrected chi connectivity index (χ0v) is 15.7. The Morgan fingerprint density at radius 1 is 0.885 bits per heavy atom. The molecular weight excluding hydrogens is 352 g/mol. The topological polar surface area (TPSA) is 83.6 Å². The third kappa shape index (κ3) is 3.35. The monoisotopic (exact) mass is 372 g/mol. The summed E-state index contributed by atoms with van der Waals surface area (Å²) in [5.74, 6) is -0.538. The predicted molar refractivity (Wildman–Crippen MR) is 99.6 cm³/mol. The molecule has 1 N–H and O–H groups in total. The quantitative estimate of drug-likeness (QED) is 0.836. The molecule has 1 heterocycles. The van der Waals surface area contributed by atoms with Gasteiger partial charge in [-0.2, -0.15) is 0 Å². The van der Waals surface area contributed by atoms with Crippen LogP contribution in [0.15, 0.2) is 41.3 Å². The van der Waals surface area contributed by atoms with Gasteiger partial charge >= 0.3 is 0 Å². The summed E-state index contributed by atoms with van der Waals surface area (Å²) in [6.07, 6.45) is 0.374. The molecular formula is C19H20N2O4S. The van der Waals surface area contributed by atoms with Gasteiger partial charge < -0.3 is 0 Å². The van der Waals surface area contributed by atoms with E-state index in [0.29, 0.717) is 11.4 Å². The molecule has 0 atom stereocenters. The maximum absolute atomic E-state index is 12.7. The van der Waals surface area contributed by atoms with E-state index in [1.807, 2.05) is 32.9 Å². The number of nitrogens with one attached hydrogen (secondary N) is 1. The molecule has 2 aromatic rings. The van der Waals surface area contributed by atoms with Gasteiger partial charge in [-0.3, -0.25) is 19.2 Å². The van der Waals surface area contributed by atoms with Gasteiger partial charge in [0.05, 0.1) is 16.3 Å². The average Bonchev–Trinajstić information content (AvgIpc) is 2.90. The van der Waals surface area contributed by atoms with Crippen molar-refractivity contribution >= 4 is 33.2 Å². The van der Waals surface area contributed by atoms with Crippen molar-refractivity contribution in [1.29, 1.82) is 0 Å². The molecule has 0 radical (unpaired) electrons. The second kappa shape index (κ2) is 6.57. The van der Waals surface area contributed by atoms with Gasteiger partial charge in [0.15, 0.2) is 0 Å². The van der Waals surface area contributed by atoms with E-state index in [2.05, 4.69) is 4.72 Å². The first-order valence-corrected chi connectivity index (χ1v) is 9.74. The fourth-order valence-electron chi connectivity index (χ4n) is 3.17. The molecule has 1 saturated heterocycles. The summed E-state index contributed by atoms with van der Waals surface area (Å²) in [5.41, 5.74) is 3.70. The minimum atomic E-state index is -3.78. The summed E-state index contributed by atoms with van der Waals surface area (Å²) < 4.78 is 28.0. The minimum absolute atomic E-state index is 0.0692.